The normalized spacial score (nSPS) is 10.7. The van der Waals surface area contributed by atoms with Crippen molar-refractivity contribution in [3.63, 3.8) is 0 Å². The van der Waals surface area contributed by atoms with Crippen LogP contribution in [0.1, 0.15) is 57.1 Å². The molecule has 1 heterocycles. The molecule has 0 aliphatic rings. The van der Waals surface area contributed by atoms with Gasteiger partial charge in [0.1, 0.15) is 11.6 Å². The quantitative estimate of drug-likeness (QED) is 0.726. The number of pyridine rings is 1. The molecule has 0 N–H and O–H groups in total. The van der Waals surface area contributed by atoms with Gasteiger partial charge in [-0.1, -0.05) is 57.9 Å². The van der Waals surface area contributed by atoms with Crippen LogP contribution in [0.2, 0.25) is 0 Å². The minimum Gasteiger partial charge on any atom is -0.307 e. The largest absolute Gasteiger partial charge is 0.307 e. The molecule has 0 aliphatic heterocycles. The summed E-state index contributed by atoms with van der Waals surface area (Å²) in [5.41, 5.74) is 3.22. The van der Waals surface area contributed by atoms with Crippen LogP contribution in [0.5, 0.6) is 0 Å². The van der Waals surface area contributed by atoms with Crippen LogP contribution in [0.25, 0.3) is 11.3 Å². The fourth-order valence-corrected chi connectivity index (χ4v) is 2.70. The summed E-state index contributed by atoms with van der Waals surface area (Å²) >= 11 is 0. The fourth-order valence-electron chi connectivity index (χ4n) is 2.70. The highest BCUT2D eigenvalue weighted by Crippen LogP contribution is 2.22. The van der Waals surface area contributed by atoms with Crippen molar-refractivity contribution in [3.8, 4) is 17.3 Å². The van der Waals surface area contributed by atoms with E-state index in [0.29, 0.717) is 12.5 Å². The topological polar surface area (TPSA) is 45.8 Å². The van der Waals surface area contributed by atoms with Gasteiger partial charge in [0, 0.05) is 6.54 Å². The highest BCUT2D eigenvalue weighted by Gasteiger charge is 2.10. The zero-order valence-corrected chi connectivity index (χ0v) is 14.2. The zero-order valence-electron chi connectivity index (χ0n) is 14.2. The van der Waals surface area contributed by atoms with E-state index < -0.39 is 0 Å². The summed E-state index contributed by atoms with van der Waals surface area (Å²) in [6.45, 7) is 7.12. The molecule has 1 aromatic carbocycles. The summed E-state index contributed by atoms with van der Waals surface area (Å²) in [4.78, 5) is 12.5. The van der Waals surface area contributed by atoms with E-state index in [1.54, 1.807) is 10.6 Å². The van der Waals surface area contributed by atoms with Crippen LogP contribution in [-0.4, -0.2) is 4.57 Å². The molecule has 3 heteroatoms. The lowest BCUT2D eigenvalue weighted by Gasteiger charge is -2.14. The van der Waals surface area contributed by atoms with E-state index in [0.717, 1.165) is 30.5 Å². The molecule has 1 aromatic heterocycles. The van der Waals surface area contributed by atoms with Crippen LogP contribution < -0.4 is 5.56 Å². The van der Waals surface area contributed by atoms with Gasteiger partial charge in [0.2, 0.25) is 0 Å². The number of aromatic nitrogens is 1. The molecular formula is C20H24N2O. The van der Waals surface area contributed by atoms with Gasteiger partial charge in [-0.25, -0.2) is 0 Å². The van der Waals surface area contributed by atoms with Crippen molar-refractivity contribution in [3.05, 3.63) is 57.9 Å². The van der Waals surface area contributed by atoms with Crippen LogP contribution in [0.3, 0.4) is 0 Å². The Kier molecular flexibility index (Phi) is 5.76. The summed E-state index contributed by atoms with van der Waals surface area (Å²) < 4.78 is 1.75. The second-order valence-corrected chi connectivity index (χ2v) is 6.18. The van der Waals surface area contributed by atoms with Crippen LogP contribution in [0.4, 0.5) is 0 Å². The molecule has 3 nitrogen and oxygen atoms in total. The number of hydrogen-bond donors (Lipinski definition) is 0. The first-order valence-corrected chi connectivity index (χ1v) is 8.32. The monoisotopic (exact) mass is 308 g/mol. The van der Waals surface area contributed by atoms with Gasteiger partial charge in [-0.05, 0) is 35.6 Å². The van der Waals surface area contributed by atoms with Crippen molar-refractivity contribution in [2.45, 2.75) is 52.5 Å². The van der Waals surface area contributed by atoms with E-state index in [1.807, 2.05) is 12.1 Å². The Bertz CT molecular complexity index is 749. The Balaban J connectivity index is 2.46. The molecule has 0 amide bonds. The molecule has 0 fully saturated rings. The van der Waals surface area contributed by atoms with Crippen LogP contribution in [-0.2, 0) is 6.54 Å². The molecule has 120 valence electrons. The van der Waals surface area contributed by atoms with E-state index in [-0.39, 0.29) is 11.1 Å². The van der Waals surface area contributed by atoms with Gasteiger partial charge in [-0.2, -0.15) is 5.26 Å². The Labute approximate surface area is 138 Å². The first-order valence-electron chi connectivity index (χ1n) is 8.32. The van der Waals surface area contributed by atoms with Crippen LogP contribution in [0.15, 0.2) is 41.2 Å². The first-order chi connectivity index (χ1) is 11.1. The predicted octanol–water partition coefficient (Wildman–Crippen LogP) is 4.70. The summed E-state index contributed by atoms with van der Waals surface area (Å²) in [5.74, 6) is 0.483. The molecule has 0 spiro atoms. The van der Waals surface area contributed by atoms with Crippen LogP contribution in [0, 0.1) is 11.3 Å². The molecule has 2 rings (SSSR count). The van der Waals surface area contributed by atoms with Crippen LogP contribution >= 0.6 is 0 Å². The second kappa shape index (κ2) is 7.78. The highest BCUT2D eigenvalue weighted by molar-refractivity contribution is 5.61. The second-order valence-electron chi connectivity index (χ2n) is 6.18. The Hall–Kier alpha value is -2.34. The smallest absolute Gasteiger partial charge is 0.268 e. The molecular weight excluding hydrogens is 284 g/mol. The molecule has 23 heavy (non-hydrogen) atoms. The lowest BCUT2D eigenvalue weighted by atomic mass is 10.0. The SMILES string of the molecule is CCCCCn1c(-c2ccc(C(C)C)cc2)ccc(C#N)c1=O. The molecule has 0 unspecified atom stereocenters. The van der Waals surface area contributed by atoms with Crippen molar-refractivity contribution in [2.75, 3.05) is 0 Å². The first kappa shape index (κ1) is 17.0. The van der Waals surface area contributed by atoms with E-state index in [2.05, 4.69) is 45.0 Å². The third-order valence-corrected chi connectivity index (χ3v) is 4.15. The van der Waals surface area contributed by atoms with Gasteiger partial charge in [0.05, 0.1) is 5.69 Å². The van der Waals surface area contributed by atoms with Crippen molar-refractivity contribution >= 4 is 0 Å². The Morgan fingerprint density at radius 3 is 2.35 bits per heavy atom. The lowest BCUT2D eigenvalue weighted by molar-refractivity contribution is 0.591. The molecule has 0 bridgehead atoms. The van der Waals surface area contributed by atoms with E-state index in [4.69, 9.17) is 5.26 Å². The number of nitriles is 1. The minimum absolute atomic E-state index is 0.186. The third kappa shape index (κ3) is 3.90. The third-order valence-electron chi connectivity index (χ3n) is 4.15. The predicted molar refractivity (Wildman–Crippen MR) is 94.5 cm³/mol. The summed E-state index contributed by atoms with van der Waals surface area (Å²) in [7, 11) is 0. The van der Waals surface area contributed by atoms with Gasteiger partial charge in [-0.3, -0.25) is 4.79 Å². The molecule has 0 aliphatic carbocycles. The van der Waals surface area contributed by atoms with Gasteiger partial charge < -0.3 is 4.57 Å². The Morgan fingerprint density at radius 1 is 1.09 bits per heavy atom. The van der Waals surface area contributed by atoms with Gasteiger partial charge in [0.15, 0.2) is 0 Å². The fraction of sp³-hybridized carbons (Fsp3) is 0.400. The maximum atomic E-state index is 12.5. The van der Waals surface area contributed by atoms with Gasteiger partial charge in [-0.15, -0.1) is 0 Å². The van der Waals surface area contributed by atoms with Gasteiger partial charge >= 0.3 is 0 Å². The summed E-state index contributed by atoms with van der Waals surface area (Å²) in [6.07, 6.45) is 3.13. The van der Waals surface area contributed by atoms with E-state index >= 15 is 0 Å². The molecule has 0 saturated heterocycles. The van der Waals surface area contributed by atoms with Gasteiger partial charge in [0.25, 0.3) is 5.56 Å². The van der Waals surface area contributed by atoms with Crippen molar-refractivity contribution in [2.24, 2.45) is 0 Å². The average Bonchev–Trinajstić information content (AvgIpc) is 2.56. The molecule has 0 radical (unpaired) electrons. The number of rotatable bonds is 6. The average molecular weight is 308 g/mol. The molecule has 0 atom stereocenters. The number of hydrogen-bond acceptors (Lipinski definition) is 2. The molecule has 2 aromatic rings. The van der Waals surface area contributed by atoms with E-state index in [9.17, 15) is 4.79 Å². The number of benzene rings is 1. The van der Waals surface area contributed by atoms with Crippen molar-refractivity contribution in [1.82, 2.24) is 4.57 Å². The minimum atomic E-state index is -0.186. The maximum Gasteiger partial charge on any atom is 0.268 e. The van der Waals surface area contributed by atoms with Crippen molar-refractivity contribution < 1.29 is 0 Å². The zero-order chi connectivity index (χ0) is 16.8. The summed E-state index contributed by atoms with van der Waals surface area (Å²) in [6, 6.07) is 13.9. The lowest BCUT2D eigenvalue weighted by Crippen LogP contribution is -2.24. The highest BCUT2D eigenvalue weighted by atomic mass is 16.1. The number of nitrogens with zero attached hydrogens (tertiary/aromatic N) is 2. The van der Waals surface area contributed by atoms with Crippen molar-refractivity contribution in [1.29, 1.82) is 5.26 Å². The Morgan fingerprint density at radius 2 is 1.78 bits per heavy atom. The molecule has 0 saturated carbocycles. The standard InChI is InChI=1S/C20H24N2O/c1-4-5-6-13-22-19(12-11-18(14-21)20(22)23)17-9-7-16(8-10-17)15(2)3/h7-12,15H,4-6,13H2,1-3H3. The van der Waals surface area contributed by atoms with E-state index in [1.165, 1.54) is 5.56 Å². The summed E-state index contributed by atoms with van der Waals surface area (Å²) in [5, 5.41) is 9.11. The number of unbranched alkanes of at least 4 members (excludes halogenated alkanes) is 2. The maximum absolute atomic E-state index is 12.5.